The summed E-state index contributed by atoms with van der Waals surface area (Å²) in [6.07, 6.45) is 3.06. The molecule has 0 bridgehead atoms. The fourth-order valence-electron chi connectivity index (χ4n) is 2.45. The first-order chi connectivity index (χ1) is 12.6. The Morgan fingerprint density at radius 3 is 2.54 bits per heavy atom. The average molecular weight is 355 g/mol. The van der Waals surface area contributed by atoms with Crippen molar-refractivity contribution in [3.05, 3.63) is 71.8 Å². The molecule has 26 heavy (non-hydrogen) atoms. The van der Waals surface area contributed by atoms with Crippen LogP contribution in [-0.2, 0) is 6.54 Å². The second-order valence-corrected chi connectivity index (χ2v) is 5.52. The van der Waals surface area contributed by atoms with Crippen molar-refractivity contribution in [3.63, 3.8) is 0 Å². The minimum atomic E-state index is -0.325. The number of halogens is 1. The van der Waals surface area contributed by atoms with E-state index in [2.05, 4.69) is 10.4 Å². The van der Waals surface area contributed by atoms with Gasteiger partial charge < -0.3 is 14.8 Å². The molecule has 0 radical (unpaired) electrons. The number of carbonyl (C=O) groups is 1. The lowest BCUT2D eigenvalue weighted by atomic mass is 10.2. The van der Waals surface area contributed by atoms with Crippen molar-refractivity contribution in [1.29, 1.82) is 0 Å². The van der Waals surface area contributed by atoms with Gasteiger partial charge in [0.15, 0.2) is 11.5 Å². The van der Waals surface area contributed by atoms with Crippen LogP contribution in [0.1, 0.15) is 15.9 Å². The van der Waals surface area contributed by atoms with E-state index in [-0.39, 0.29) is 11.7 Å². The van der Waals surface area contributed by atoms with Gasteiger partial charge in [-0.15, -0.1) is 0 Å². The van der Waals surface area contributed by atoms with Gasteiger partial charge in [-0.05, 0) is 42.0 Å². The standard InChI is InChI=1S/C19H18FN3O3/c1-25-17-8-3-13(9-18(17)26-2)10-21-19(24)14-11-22-23(12-14)16-6-4-15(20)5-7-16/h3-9,11-12H,10H2,1-2H3,(H,21,24). The molecule has 7 heteroatoms. The van der Waals surface area contributed by atoms with Crippen molar-refractivity contribution in [3.8, 4) is 17.2 Å². The predicted molar refractivity (Wildman–Crippen MR) is 94.2 cm³/mol. The Morgan fingerprint density at radius 1 is 1.12 bits per heavy atom. The van der Waals surface area contributed by atoms with Gasteiger partial charge in [0.1, 0.15) is 5.82 Å². The lowest BCUT2D eigenvalue weighted by molar-refractivity contribution is 0.0951. The third-order valence-corrected chi connectivity index (χ3v) is 3.84. The van der Waals surface area contributed by atoms with Gasteiger partial charge in [0.2, 0.25) is 0 Å². The number of nitrogens with zero attached hydrogens (tertiary/aromatic N) is 2. The smallest absolute Gasteiger partial charge is 0.254 e. The van der Waals surface area contributed by atoms with Crippen LogP contribution in [-0.4, -0.2) is 29.9 Å². The molecule has 0 atom stereocenters. The number of benzene rings is 2. The Balaban J connectivity index is 1.66. The van der Waals surface area contributed by atoms with Crippen molar-refractivity contribution in [2.45, 2.75) is 6.54 Å². The molecule has 1 heterocycles. The summed E-state index contributed by atoms with van der Waals surface area (Å²) in [7, 11) is 3.13. The highest BCUT2D eigenvalue weighted by molar-refractivity contribution is 5.93. The Bertz CT molecular complexity index is 907. The lowest BCUT2D eigenvalue weighted by Crippen LogP contribution is -2.22. The number of hydrogen-bond donors (Lipinski definition) is 1. The quantitative estimate of drug-likeness (QED) is 0.738. The molecule has 0 spiro atoms. The molecule has 1 aromatic heterocycles. The van der Waals surface area contributed by atoms with Gasteiger partial charge in [-0.2, -0.15) is 5.10 Å². The number of nitrogens with one attached hydrogen (secondary N) is 1. The number of rotatable bonds is 6. The van der Waals surface area contributed by atoms with Gasteiger partial charge in [-0.25, -0.2) is 9.07 Å². The minimum Gasteiger partial charge on any atom is -0.493 e. The number of carbonyl (C=O) groups excluding carboxylic acids is 1. The molecule has 1 amide bonds. The molecule has 2 aromatic carbocycles. The Labute approximate surface area is 150 Å². The summed E-state index contributed by atoms with van der Waals surface area (Å²) in [6.45, 7) is 0.334. The van der Waals surface area contributed by atoms with Crippen LogP contribution in [0.4, 0.5) is 4.39 Å². The first kappa shape index (κ1) is 17.5. The summed E-state index contributed by atoms with van der Waals surface area (Å²) < 4.78 is 24.9. The monoisotopic (exact) mass is 355 g/mol. The third kappa shape index (κ3) is 3.83. The molecule has 0 aliphatic rings. The molecule has 0 saturated carbocycles. The van der Waals surface area contributed by atoms with E-state index in [9.17, 15) is 9.18 Å². The molecule has 1 N–H and O–H groups in total. The topological polar surface area (TPSA) is 65.4 Å². The largest absolute Gasteiger partial charge is 0.493 e. The van der Waals surface area contributed by atoms with Gasteiger partial charge in [-0.1, -0.05) is 6.07 Å². The Kier molecular flexibility index (Phi) is 5.17. The highest BCUT2D eigenvalue weighted by Crippen LogP contribution is 2.27. The van der Waals surface area contributed by atoms with Crippen LogP contribution in [0, 0.1) is 5.82 Å². The van der Waals surface area contributed by atoms with Crippen LogP contribution in [0.5, 0.6) is 11.5 Å². The summed E-state index contributed by atoms with van der Waals surface area (Å²) in [5.41, 5.74) is 1.96. The molecule has 134 valence electrons. The van der Waals surface area contributed by atoms with Crippen LogP contribution < -0.4 is 14.8 Å². The van der Waals surface area contributed by atoms with Crippen LogP contribution in [0.15, 0.2) is 54.9 Å². The van der Waals surface area contributed by atoms with E-state index >= 15 is 0 Å². The lowest BCUT2D eigenvalue weighted by Gasteiger charge is -2.10. The average Bonchev–Trinajstić information content (AvgIpc) is 3.16. The zero-order valence-electron chi connectivity index (χ0n) is 14.4. The normalized spacial score (nSPS) is 10.4. The second-order valence-electron chi connectivity index (χ2n) is 5.52. The molecule has 0 fully saturated rings. The van der Waals surface area contributed by atoms with E-state index < -0.39 is 0 Å². The van der Waals surface area contributed by atoms with Gasteiger partial charge >= 0.3 is 0 Å². The summed E-state index contributed by atoms with van der Waals surface area (Å²) in [6, 6.07) is 11.3. The van der Waals surface area contributed by atoms with Gasteiger partial charge in [0, 0.05) is 12.7 Å². The maximum Gasteiger partial charge on any atom is 0.254 e. The van der Waals surface area contributed by atoms with Crippen LogP contribution in [0.3, 0.4) is 0 Å². The highest BCUT2D eigenvalue weighted by atomic mass is 19.1. The van der Waals surface area contributed by atoms with Crippen molar-refractivity contribution in [2.24, 2.45) is 0 Å². The zero-order valence-corrected chi connectivity index (χ0v) is 14.4. The number of hydrogen-bond acceptors (Lipinski definition) is 4. The summed E-state index contributed by atoms with van der Waals surface area (Å²) >= 11 is 0. The molecule has 6 nitrogen and oxygen atoms in total. The molecule has 3 aromatic rings. The molecule has 3 rings (SSSR count). The van der Waals surface area contributed by atoms with Crippen LogP contribution in [0.25, 0.3) is 5.69 Å². The van der Waals surface area contributed by atoms with E-state index in [1.165, 1.54) is 23.0 Å². The first-order valence-electron chi connectivity index (χ1n) is 7.90. The number of amides is 1. The van der Waals surface area contributed by atoms with E-state index in [0.717, 1.165) is 5.56 Å². The molecule has 0 saturated heterocycles. The van der Waals surface area contributed by atoms with Crippen LogP contribution >= 0.6 is 0 Å². The number of aromatic nitrogens is 2. The van der Waals surface area contributed by atoms with Crippen molar-refractivity contribution in [2.75, 3.05) is 14.2 Å². The van der Waals surface area contributed by atoms with Gasteiger partial charge in [0.05, 0.1) is 31.7 Å². The van der Waals surface area contributed by atoms with E-state index in [4.69, 9.17) is 9.47 Å². The summed E-state index contributed by atoms with van der Waals surface area (Å²) in [4.78, 5) is 12.3. The number of ether oxygens (including phenoxy) is 2. The summed E-state index contributed by atoms with van der Waals surface area (Å²) in [5, 5.41) is 6.97. The van der Waals surface area contributed by atoms with E-state index in [1.807, 2.05) is 6.07 Å². The second kappa shape index (κ2) is 7.69. The van der Waals surface area contributed by atoms with Crippen molar-refractivity contribution in [1.82, 2.24) is 15.1 Å². The minimum absolute atomic E-state index is 0.256. The SMILES string of the molecule is COc1ccc(CNC(=O)c2cnn(-c3ccc(F)cc3)c2)cc1OC. The summed E-state index contributed by atoms with van der Waals surface area (Å²) in [5.74, 6) is 0.647. The highest BCUT2D eigenvalue weighted by Gasteiger charge is 2.10. The Hall–Kier alpha value is -3.35. The van der Waals surface area contributed by atoms with Crippen molar-refractivity contribution < 1.29 is 18.7 Å². The first-order valence-corrected chi connectivity index (χ1v) is 7.90. The molecule has 0 unspecified atom stereocenters. The predicted octanol–water partition coefficient (Wildman–Crippen LogP) is 2.96. The van der Waals surface area contributed by atoms with E-state index in [1.54, 1.807) is 44.7 Å². The molecular formula is C19H18FN3O3. The molecule has 0 aliphatic carbocycles. The maximum atomic E-state index is 13.0. The van der Waals surface area contributed by atoms with E-state index in [0.29, 0.717) is 29.3 Å². The zero-order chi connectivity index (χ0) is 18.5. The maximum absolute atomic E-state index is 13.0. The molecule has 0 aliphatic heterocycles. The number of methoxy groups -OCH3 is 2. The van der Waals surface area contributed by atoms with Crippen LogP contribution in [0.2, 0.25) is 0 Å². The molecular weight excluding hydrogens is 337 g/mol. The van der Waals surface area contributed by atoms with Gasteiger partial charge in [0.25, 0.3) is 5.91 Å². The fourth-order valence-corrected chi connectivity index (χ4v) is 2.45. The Morgan fingerprint density at radius 2 is 1.85 bits per heavy atom. The van der Waals surface area contributed by atoms with Crippen molar-refractivity contribution >= 4 is 5.91 Å². The fraction of sp³-hybridized carbons (Fsp3) is 0.158. The van der Waals surface area contributed by atoms with Gasteiger partial charge in [-0.3, -0.25) is 4.79 Å². The third-order valence-electron chi connectivity index (χ3n) is 3.84.